The summed E-state index contributed by atoms with van der Waals surface area (Å²) in [5.41, 5.74) is 4.77. The maximum absolute atomic E-state index is 11.9. The topological polar surface area (TPSA) is 93.8 Å². The van der Waals surface area contributed by atoms with Crippen molar-refractivity contribution in [3.8, 4) is 5.75 Å². The standard InChI is InChI=1S/C18H18BrN3O4/c1-3-13-4-9-17(16(19)10-13)26-11-18(23)21-20-12(2)14-5-7-15(8-6-14)22(24)25/h4-10H,3,11H2,1-2H3,(H,21,23)/b20-12-. The number of carbonyl (C=O) groups is 1. The van der Waals surface area contributed by atoms with Crippen molar-refractivity contribution in [1.29, 1.82) is 0 Å². The lowest BCUT2D eigenvalue weighted by atomic mass is 10.1. The lowest BCUT2D eigenvalue weighted by molar-refractivity contribution is -0.384. The van der Waals surface area contributed by atoms with Crippen molar-refractivity contribution in [2.45, 2.75) is 20.3 Å². The second-order valence-corrected chi connectivity index (χ2v) is 6.30. The first kappa shape index (κ1) is 19.6. The van der Waals surface area contributed by atoms with Gasteiger partial charge in [0.15, 0.2) is 6.61 Å². The summed E-state index contributed by atoms with van der Waals surface area (Å²) in [5, 5.41) is 14.6. The highest BCUT2D eigenvalue weighted by Gasteiger charge is 2.08. The number of benzene rings is 2. The number of nitrogens with zero attached hydrogens (tertiary/aromatic N) is 2. The minimum absolute atomic E-state index is 0.00125. The molecule has 1 amide bonds. The van der Waals surface area contributed by atoms with Gasteiger partial charge in [0.1, 0.15) is 5.75 Å². The number of hydrogen-bond donors (Lipinski definition) is 1. The van der Waals surface area contributed by atoms with Crippen molar-refractivity contribution < 1.29 is 14.5 Å². The molecule has 26 heavy (non-hydrogen) atoms. The Kier molecular flexibility index (Phi) is 6.85. The average Bonchev–Trinajstić information content (AvgIpc) is 2.65. The number of halogens is 1. The molecule has 136 valence electrons. The summed E-state index contributed by atoms with van der Waals surface area (Å²) in [6.07, 6.45) is 0.913. The Balaban J connectivity index is 1.91. The van der Waals surface area contributed by atoms with Crippen LogP contribution in [0.1, 0.15) is 25.0 Å². The third-order valence-corrected chi connectivity index (χ3v) is 4.23. The van der Waals surface area contributed by atoms with Gasteiger partial charge in [-0.2, -0.15) is 5.10 Å². The number of nitro benzene ring substituents is 1. The fourth-order valence-corrected chi connectivity index (χ4v) is 2.63. The van der Waals surface area contributed by atoms with Crippen LogP contribution in [-0.2, 0) is 11.2 Å². The van der Waals surface area contributed by atoms with Crippen molar-refractivity contribution in [1.82, 2.24) is 5.43 Å². The second kappa shape index (κ2) is 9.10. The van der Waals surface area contributed by atoms with Gasteiger partial charge in [-0.15, -0.1) is 0 Å². The molecular weight excluding hydrogens is 402 g/mol. The molecule has 2 aromatic rings. The van der Waals surface area contributed by atoms with Gasteiger partial charge in [-0.3, -0.25) is 14.9 Å². The monoisotopic (exact) mass is 419 g/mol. The van der Waals surface area contributed by atoms with Crippen molar-refractivity contribution >= 4 is 33.2 Å². The van der Waals surface area contributed by atoms with E-state index in [9.17, 15) is 14.9 Å². The molecule has 0 saturated heterocycles. The highest BCUT2D eigenvalue weighted by molar-refractivity contribution is 9.10. The molecule has 0 unspecified atom stereocenters. The largest absolute Gasteiger partial charge is 0.483 e. The van der Waals surface area contributed by atoms with Crippen LogP contribution < -0.4 is 10.2 Å². The molecule has 0 spiro atoms. The SMILES string of the molecule is CCc1ccc(OCC(=O)N/N=C(/C)c2ccc([N+](=O)[O-])cc2)c(Br)c1. The average molecular weight is 420 g/mol. The van der Waals surface area contributed by atoms with Crippen LogP contribution in [0.4, 0.5) is 5.69 Å². The van der Waals surface area contributed by atoms with Crippen molar-refractivity contribution in [3.05, 3.63) is 68.2 Å². The van der Waals surface area contributed by atoms with Gasteiger partial charge >= 0.3 is 0 Å². The highest BCUT2D eigenvalue weighted by atomic mass is 79.9. The van der Waals surface area contributed by atoms with E-state index in [1.54, 1.807) is 19.1 Å². The van der Waals surface area contributed by atoms with Gasteiger partial charge in [0, 0.05) is 12.1 Å². The minimum Gasteiger partial charge on any atom is -0.483 e. The zero-order valence-corrected chi connectivity index (χ0v) is 15.9. The maximum Gasteiger partial charge on any atom is 0.277 e. The highest BCUT2D eigenvalue weighted by Crippen LogP contribution is 2.26. The van der Waals surface area contributed by atoms with Crippen LogP contribution in [0.25, 0.3) is 0 Å². The molecule has 0 aromatic heterocycles. The summed E-state index contributed by atoms with van der Waals surface area (Å²) in [5.74, 6) is 0.172. The summed E-state index contributed by atoms with van der Waals surface area (Å²) >= 11 is 3.41. The Morgan fingerprint density at radius 3 is 2.54 bits per heavy atom. The molecule has 8 heteroatoms. The second-order valence-electron chi connectivity index (χ2n) is 5.44. The molecule has 0 aliphatic carbocycles. The molecular formula is C18H18BrN3O4. The molecule has 7 nitrogen and oxygen atoms in total. The zero-order valence-electron chi connectivity index (χ0n) is 14.4. The van der Waals surface area contributed by atoms with Gasteiger partial charge in [-0.05, 0) is 64.7 Å². The molecule has 1 N–H and O–H groups in total. The van der Waals surface area contributed by atoms with Crippen molar-refractivity contribution in [2.75, 3.05) is 6.61 Å². The third kappa shape index (κ3) is 5.38. The lowest BCUT2D eigenvalue weighted by Gasteiger charge is -2.09. The summed E-state index contributed by atoms with van der Waals surface area (Å²) in [4.78, 5) is 22.1. The van der Waals surface area contributed by atoms with Crippen molar-refractivity contribution in [3.63, 3.8) is 0 Å². The van der Waals surface area contributed by atoms with E-state index >= 15 is 0 Å². The van der Waals surface area contributed by atoms with Gasteiger partial charge < -0.3 is 4.74 Å². The van der Waals surface area contributed by atoms with E-state index in [1.165, 1.54) is 12.1 Å². The molecule has 0 aliphatic heterocycles. The number of aryl methyl sites for hydroxylation is 1. The quantitative estimate of drug-likeness (QED) is 0.419. The number of amides is 1. The number of nitro groups is 1. The predicted molar refractivity (Wildman–Crippen MR) is 102 cm³/mol. The minimum atomic E-state index is -0.472. The fourth-order valence-electron chi connectivity index (χ4n) is 2.09. The van der Waals surface area contributed by atoms with Gasteiger partial charge in [-0.25, -0.2) is 5.43 Å². The molecule has 0 heterocycles. The smallest absolute Gasteiger partial charge is 0.277 e. The van der Waals surface area contributed by atoms with E-state index in [0.717, 1.165) is 16.5 Å². The molecule has 0 saturated carbocycles. The van der Waals surface area contributed by atoms with Crippen LogP contribution in [0.3, 0.4) is 0 Å². The summed E-state index contributed by atoms with van der Waals surface area (Å²) in [6, 6.07) is 11.6. The zero-order chi connectivity index (χ0) is 19.1. The summed E-state index contributed by atoms with van der Waals surface area (Å²) < 4.78 is 6.26. The summed E-state index contributed by atoms with van der Waals surface area (Å²) in [6.45, 7) is 3.57. The predicted octanol–water partition coefficient (Wildman–Crippen LogP) is 3.84. The van der Waals surface area contributed by atoms with Crippen LogP contribution in [0.5, 0.6) is 5.75 Å². The number of non-ortho nitro benzene ring substituents is 1. The molecule has 0 atom stereocenters. The van der Waals surface area contributed by atoms with Gasteiger partial charge in [-0.1, -0.05) is 13.0 Å². The van der Waals surface area contributed by atoms with E-state index in [4.69, 9.17) is 4.74 Å². The molecule has 0 bridgehead atoms. The lowest BCUT2D eigenvalue weighted by Crippen LogP contribution is -2.25. The molecule has 2 aromatic carbocycles. The van der Waals surface area contributed by atoms with Crippen LogP contribution in [-0.4, -0.2) is 23.1 Å². The Labute approximate surface area is 159 Å². The van der Waals surface area contributed by atoms with Gasteiger partial charge in [0.05, 0.1) is 15.1 Å². The fraction of sp³-hybridized carbons (Fsp3) is 0.222. The molecule has 2 rings (SSSR count). The molecule has 0 radical (unpaired) electrons. The van der Waals surface area contributed by atoms with Crippen molar-refractivity contribution in [2.24, 2.45) is 5.10 Å². The first-order chi connectivity index (χ1) is 12.4. The first-order valence-corrected chi connectivity index (χ1v) is 8.69. The van der Waals surface area contributed by atoms with E-state index in [1.807, 2.05) is 18.2 Å². The first-order valence-electron chi connectivity index (χ1n) is 7.90. The van der Waals surface area contributed by atoms with Gasteiger partial charge in [0.2, 0.25) is 0 Å². The Bertz CT molecular complexity index is 835. The maximum atomic E-state index is 11.9. The Morgan fingerprint density at radius 2 is 1.96 bits per heavy atom. The summed E-state index contributed by atoms with van der Waals surface area (Å²) in [7, 11) is 0. The number of ether oxygens (including phenoxy) is 1. The van der Waals surface area contributed by atoms with Gasteiger partial charge in [0.25, 0.3) is 11.6 Å². The van der Waals surface area contributed by atoms with Crippen LogP contribution >= 0.6 is 15.9 Å². The van der Waals surface area contributed by atoms with E-state index < -0.39 is 10.8 Å². The van der Waals surface area contributed by atoms with Crippen LogP contribution in [0.15, 0.2) is 52.0 Å². The Morgan fingerprint density at radius 1 is 1.27 bits per heavy atom. The van der Waals surface area contributed by atoms with E-state index in [-0.39, 0.29) is 12.3 Å². The number of nitrogens with one attached hydrogen (secondary N) is 1. The van der Waals surface area contributed by atoms with Crippen LogP contribution in [0.2, 0.25) is 0 Å². The number of carbonyl (C=O) groups excluding carboxylic acids is 1. The Hall–Kier alpha value is -2.74. The van der Waals surface area contributed by atoms with Crippen LogP contribution in [0, 0.1) is 10.1 Å². The molecule has 0 aliphatic rings. The van der Waals surface area contributed by atoms with E-state index in [0.29, 0.717) is 17.0 Å². The van der Waals surface area contributed by atoms with E-state index in [2.05, 4.69) is 33.4 Å². The number of hydrogen-bond acceptors (Lipinski definition) is 5. The normalized spacial score (nSPS) is 11.1. The molecule has 0 fully saturated rings. The number of hydrazone groups is 1. The number of rotatable bonds is 7. The third-order valence-electron chi connectivity index (χ3n) is 3.61.